The summed E-state index contributed by atoms with van der Waals surface area (Å²) in [6.07, 6.45) is 9.23. The number of carbonyl (C=O) groups excluding carboxylic acids is 1. The lowest BCUT2D eigenvalue weighted by Gasteiger charge is -2.31. The molecule has 0 bridgehead atoms. The summed E-state index contributed by atoms with van der Waals surface area (Å²) in [5.41, 5.74) is 1.27. The summed E-state index contributed by atoms with van der Waals surface area (Å²) in [6, 6.07) is 8.36. The number of hydrogen-bond donors (Lipinski definition) is 0. The zero-order chi connectivity index (χ0) is 17.2. The molecule has 3 nitrogen and oxygen atoms in total. The second kappa shape index (κ2) is 10.4. The highest BCUT2D eigenvalue weighted by Gasteiger charge is 2.29. The van der Waals surface area contributed by atoms with Crippen LogP contribution >= 0.6 is 0 Å². The molecular formula is C21H32O3. The van der Waals surface area contributed by atoms with Crippen LogP contribution in [0.4, 0.5) is 0 Å². The van der Waals surface area contributed by atoms with Crippen LogP contribution in [-0.2, 0) is 9.53 Å². The third kappa shape index (κ3) is 5.85. The summed E-state index contributed by atoms with van der Waals surface area (Å²) in [5, 5.41) is 0. The van der Waals surface area contributed by atoms with Crippen LogP contribution in [0.5, 0.6) is 5.75 Å². The fourth-order valence-electron chi connectivity index (χ4n) is 3.40. The van der Waals surface area contributed by atoms with Crippen molar-refractivity contribution in [2.24, 2.45) is 0 Å². The van der Waals surface area contributed by atoms with Gasteiger partial charge in [-0.25, -0.2) is 0 Å². The minimum absolute atomic E-state index is 0.0248. The van der Waals surface area contributed by atoms with Gasteiger partial charge in [0, 0.05) is 12.3 Å². The molecule has 1 aromatic carbocycles. The quantitative estimate of drug-likeness (QED) is 0.434. The van der Waals surface area contributed by atoms with E-state index in [-0.39, 0.29) is 12.1 Å². The number of ether oxygens (including phenoxy) is 2. The van der Waals surface area contributed by atoms with Gasteiger partial charge in [0.1, 0.15) is 11.9 Å². The van der Waals surface area contributed by atoms with E-state index >= 15 is 0 Å². The zero-order valence-electron chi connectivity index (χ0n) is 15.3. The summed E-state index contributed by atoms with van der Waals surface area (Å²) >= 11 is 0. The third-order valence-corrected chi connectivity index (χ3v) is 4.75. The predicted octanol–water partition coefficient (Wildman–Crippen LogP) is 5.63. The maximum atomic E-state index is 12.1. The van der Waals surface area contributed by atoms with E-state index < -0.39 is 0 Å². The number of esters is 1. The van der Waals surface area contributed by atoms with Crippen molar-refractivity contribution in [1.82, 2.24) is 0 Å². The van der Waals surface area contributed by atoms with E-state index in [2.05, 4.69) is 26.0 Å². The van der Waals surface area contributed by atoms with Gasteiger partial charge in [-0.2, -0.15) is 0 Å². The third-order valence-electron chi connectivity index (χ3n) is 4.75. The maximum Gasteiger partial charge on any atom is 0.306 e. The molecule has 2 rings (SSSR count). The first-order valence-electron chi connectivity index (χ1n) is 9.66. The fourth-order valence-corrected chi connectivity index (χ4v) is 3.40. The molecule has 0 radical (unpaired) electrons. The Morgan fingerprint density at radius 3 is 2.50 bits per heavy atom. The van der Waals surface area contributed by atoms with Crippen LogP contribution < -0.4 is 4.74 Å². The van der Waals surface area contributed by atoms with Crippen LogP contribution in [0.15, 0.2) is 24.3 Å². The summed E-state index contributed by atoms with van der Waals surface area (Å²) in [7, 11) is 0. The van der Waals surface area contributed by atoms with Crippen molar-refractivity contribution in [3.8, 4) is 5.75 Å². The van der Waals surface area contributed by atoms with Gasteiger partial charge in [-0.3, -0.25) is 4.79 Å². The topological polar surface area (TPSA) is 35.5 Å². The molecule has 0 amide bonds. The highest BCUT2D eigenvalue weighted by molar-refractivity contribution is 5.69. The molecule has 134 valence electrons. The molecule has 0 spiro atoms. The molecule has 3 heteroatoms. The van der Waals surface area contributed by atoms with Gasteiger partial charge in [-0.1, -0.05) is 45.2 Å². The van der Waals surface area contributed by atoms with Gasteiger partial charge in [0.25, 0.3) is 0 Å². The molecular weight excluding hydrogens is 300 g/mol. The number of carbonyl (C=O) groups is 1. The van der Waals surface area contributed by atoms with E-state index in [1.54, 1.807) is 0 Å². The van der Waals surface area contributed by atoms with Gasteiger partial charge in [0.05, 0.1) is 6.61 Å². The van der Waals surface area contributed by atoms with Crippen molar-refractivity contribution in [1.29, 1.82) is 0 Å². The smallest absolute Gasteiger partial charge is 0.306 e. The maximum absolute atomic E-state index is 12.1. The predicted molar refractivity (Wildman–Crippen MR) is 97.5 cm³/mol. The molecule has 1 aliphatic rings. The Kier molecular flexibility index (Phi) is 8.14. The monoisotopic (exact) mass is 332 g/mol. The van der Waals surface area contributed by atoms with Crippen LogP contribution in [0.25, 0.3) is 0 Å². The van der Waals surface area contributed by atoms with E-state index in [0.717, 1.165) is 57.3 Å². The lowest BCUT2D eigenvalue weighted by molar-refractivity contribution is -0.151. The second-order valence-electron chi connectivity index (χ2n) is 6.79. The SMILES string of the molecule is CCCCCC(=O)OC1CCCCC1c1ccc(OCCC)cc1. The molecule has 1 saturated carbocycles. The van der Waals surface area contributed by atoms with Crippen molar-refractivity contribution in [3.05, 3.63) is 29.8 Å². The van der Waals surface area contributed by atoms with Crippen molar-refractivity contribution >= 4 is 5.97 Å². The van der Waals surface area contributed by atoms with Crippen molar-refractivity contribution in [2.75, 3.05) is 6.61 Å². The lowest BCUT2D eigenvalue weighted by Crippen LogP contribution is -2.28. The molecule has 2 atom stereocenters. The molecule has 1 aliphatic carbocycles. The van der Waals surface area contributed by atoms with Gasteiger partial charge in [-0.15, -0.1) is 0 Å². The minimum Gasteiger partial charge on any atom is -0.494 e. The Bertz CT molecular complexity index is 480. The summed E-state index contributed by atoms with van der Waals surface area (Å²) in [4.78, 5) is 12.1. The Morgan fingerprint density at radius 1 is 1.04 bits per heavy atom. The molecule has 0 N–H and O–H groups in total. The van der Waals surface area contributed by atoms with Crippen LogP contribution in [0, 0.1) is 0 Å². The molecule has 2 unspecified atom stereocenters. The number of unbranched alkanes of at least 4 members (excludes halogenated alkanes) is 2. The van der Waals surface area contributed by atoms with Crippen molar-refractivity contribution in [2.45, 2.75) is 83.7 Å². The summed E-state index contributed by atoms with van der Waals surface area (Å²) in [6.45, 7) is 5.01. The molecule has 1 fully saturated rings. The number of benzene rings is 1. The first-order valence-corrected chi connectivity index (χ1v) is 9.66. The highest BCUT2D eigenvalue weighted by Crippen LogP contribution is 2.36. The minimum atomic E-state index is -0.0248. The first kappa shape index (κ1) is 18.8. The molecule has 0 saturated heterocycles. The van der Waals surface area contributed by atoms with Crippen molar-refractivity contribution in [3.63, 3.8) is 0 Å². The van der Waals surface area contributed by atoms with E-state index in [0.29, 0.717) is 12.3 Å². The van der Waals surface area contributed by atoms with Crippen LogP contribution in [0.3, 0.4) is 0 Å². The van der Waals surface area contributed by atoms with Gasteiger partial charge >= 0.3 is 5.97 Å². The van der Waals surface area contributed by atoms with E-state index in [1.165, 1.54) is 12.0 Å². The largest absolute Gasteiger partial charge is 0.494 e. The Morgan fingerprint density at radius 2 is 1.79 bits per heavy atom. The molecule has 0 aromatic heterocycles. The Labute approximate surface area is 146 Å². The van der Waals surface area contributed by atoms with Gasteiger partial charge in [0.15, 0.2) is 0 Å². The van der Waals surface area contributed by atoms with Crippen LogP contribution in [0.2, 0.25) is 0 Å². The highest BCUT2D eigenvalue weighted by atomic mass is 16.5. The Balaban J connectivity index is 1.94. The van der Waals surface area contributed by atoms with Gasteiger partial charge in [0.2, 0.25) is 0 Å². The fraction of sp³-hybridized carbons (Fsp3) is 0.667. The molecule has 1 aromatic rings. The molecule has 24 heavy (non-hydrogen) atoms. The van der Waals surface area contributed by atoms with Crippen LogP contribution in [0.1, 0.15) is 83.1 Å². The first-order chi connectivity index (χ1) is 11.7. The summed E-state index contributed by atoms with van der Waals surface area (Å²) < 4.78 is 11.5. The number of hydrogen-bond acceptors (Lipinski definition) is 3. The zero-order valence-corrected chi connectivity index (χ0v) is 15.3. The van der Waals surface area contributed by atoms with Gasteiger partial charge < -0.3 is 9.47 Å². The van der Waals surface area contributed by atoms with Crippen molar-refractivity contribution < 1.29 is 14.3 Å². The van der Waals surface area contributed by atoms with Gasteiger partial charge in [-0.05, 0) is 49.8 Å². The number of rotatable bonds is 9. The average molecular weight is 332 g/mol. The average Bonchev–Trinajstić information content (AvgIpc) is 2.61. The normalized spacial score (nSPS) is 20.6. The molecule has 0 heterocycles. The molecule has 0 aliphatic heterocycles. The second-order valence-corrected chi connectivity index (χ2v) is 6.79. The van der Waals surface area contributed by atoms with E-state index in [9.17, 15) is 4.79 Å². The Hall–Kier alpha value is -1.51. The standard InChI is InChI=1S/C21H32O3/c1-3-5-6-11-21(22)24-20-10-8-7-9-19(20)17-12-14-18(15-13-17)23-16-4-2/h12-15,19-20H,3-11,16H2,1-2H3. The van der Waals surface area contributed by atoms with E-state index in [4.69, 9.17) is 9.47 Å². The van der Waals surface area contributed by atoms with Crippen LogP contribution in [-0.4, -0.2) is 18.7 Å². The summed E-state index contributed by atoms with van der Waals surface area (Å²) in [5.74, 6) is 1.22. The van der Waals surface area contributed by atoms with E-state index in [1.807, 2.05) is 12.1 Å². The lowest BCUT2D eigenvalue weighted by atomic mass is 9.81.